The summed E-state index contributed by atoms with van der Waals surface area (Å²) in [6.07, 6.45) is -1.51. The minimum absolute atomic E-state index is 0.0498. The number of likely N-dealkylation sites (tertiary alicyclic amines) is 2. The van der Waals surface area contributed by atoms with Crippen LogP contribution in [0.25, 0.3) is 0 Å². The number of carbonyl (C=O) groups is 4. The van der Waals surface area contributed by atoms with Crippen LogP contribution < -0.4 is 11.5 Å². The Morgan fingerprint density at radius 2 is 1.69 bits per heavy atom. The lowest BCUT2D eigenvalue weighted by molar-refractivity contribution is -0.164. The molecule has 2 aliphatic rings. The summed E-state index contributed by atoms with van der Waals surface area (Å²) in [5.41, 5.74) is 10.6. The number of imide groups is 1. The molecule has 2 saturated heterocycles. The molecule has 0 aromatic heterocycles. The molecule has 0 aliphatic carbocycles. The number of ether oxygens (including phenoxy) is 1. The van der Waals surface area contributed by atoms with Gasteiger partial charge in [0.15, 0.2) is 0 Å². The third-order valence-electron chi connectivity index (χ3n) is 6.97. The molecule has 4 rings (SSSR count). The van der Waals surface area contributed by atoms with Gasteiger partial charge in [-0.25, -0.2) is 4.79 Å². The van der Waals surface area contributed by atoms with Crippen molar-refractivity contribution >= 4 is 29.7 Å². The van der Waals surface area contributed by atoms with Crippen molar-refractivity contribution in [2.75, 3.05) is 13.6 Å². The topological polar surface area (TPSA) is 180 Å². The molecular formula is C25H27N5O6. The number of carboxylic acid groups (broad SMARTS) is 1. The van der Waals surface area contributed by atoms with E-state index in [2.05, 4.69) is 0 Å². The van der Waals surface area contributed by atoms with Crippen LogP contribution in [0.2, 0.25) is 0 Å². The molecule has 0 saturated carbocycles. The molecule has 0 spiro atoms. The average Bonchev–Trinajstić information content (AvgIpc) is 3.23. The number of amides is 3. The predicted molar refractivity (Wildman–Crippen MR) is 127 cm³/mol. The number of nitrogens with two attached hydrogens (primary N) is 2. The van der Waals surface area contributed by atoms with Crippen molar-refractivity contribution in [1.82, 2.24) is 9.80 Å². The fourth-order valence-corrected chi connectivity index (χ4v) is 5.46. The zero-order valence-electron chi connectivity index (χ0n) is 19.6. The number of carbonyl (C=O) groups excluding carboxylic acids is 3. The number of hydrogen-bond acceptors (Lipinski definition) is 7. The van der Waals surface area contributed by atoms with E-state index in [4.69, 9.17) is 21.6 Å². The minimum atomic E-state index is -1.92. The van der Waals surface area contributed by atoms with Crippen molar-refractivity contribution in [3.8, 4) is 0 Å². The van der Waals surface area contributed by atoms with E-state index >= 15 is 0 Å². The Morgan fingerprint density at radius 3 is 2.25 bits per heavy atom. The largest absolute Gasteiger partial charge is 0.507 e. The fraction of sp³-hybridized carbons (Fsp3) is 0.320. The van der Waals surface area contributed by atoms with Crippen molar-refractivity contribution in [2.24, 2.45) is 23.3 Å². The molecule has 2 aliphatic heterocycles. The van der Waals surface area contributed by atoms with Gasteiger partial charge >= 0.3 is 6.16 Å². The van der Waals surface area contributed by atoms with Gasteiger partial charge in [-0.05, 0) is 12.0 Å². The molecule has 6 N–H and O–H groups in total. The quantitative estimate of drug-likeness (QED) is 0.181. The Kier molecular flexibility index (Phi) is 6.51. The Balaban J connectivity index is 1.95. The maximum atomic E-state index is 13.5. The van der Waals surface area contributed by atoms with E-state index in [0.717, 1.165) is 10.5 Å². The SMILES string of the molecule is CN1C(=O)C2C(Cc3ccccc3)N(CCC(N)=O)C(OC(=O)O)(c3ccc(C(=N)N)cc3)C2C1=O. The number of nitrogens with zero attached hydrogens (tertiary/aromatic N) is 2. The van der Waals surface area contributed by atoms with E-state index < -0.39 is 47.5 Å². The maximum absolute atomic E-state index is 13.5. The molecule has 4 unspecified atom stereocenters. The highest BCUT2D eigenvalue weighted by Gasteiger charge is 2.71. The van der Waals surface area contributed by atoms with E-state index in [1.165, 1.54) is 31.3 Å². The molecule has 3 amide bonds. The highest BCUT2D eigenvalue weighted by Crippen LogP contribution is 2.55. The van der Waals surface area contributed by atoms with Gasteiger partial charge in [-0.15, -0.1) is 0 Å². The van der Waals surface area contributed by atoms with Gasteiger partial charge < -0.3 is 21.3 Å². The lowest BCUT2D eigenvalue weighted by atomic mass is 9.82. The monoisotopic (exact) mass is 493 g/mol. The fourth-order valence-electron chi connectivity index (χ4n) is 5.46. The van der Waals surface area contributed by atoms with E-state index in [-0.39, 0.29) is 24.4 Å². The molecule has 36 heavy (non-hydrogen) atoms. The normalized spacial score (nSPS) is 25.6. The lowest BCUT2D eigenvalue weighted by Gasteiger charge is -2.42. The number of benzene rings is 2. The van der Waals surface area contributed by atoms with Crippen LogP contribution in [0, 0.1) is 17.2 Å². The molecule has 4 atom stereocenters. The summed E-state index contributed by atoms with van der Waals surface area (Å²) >= 11 is 0. The summed E-state index contributed by atoms with van der Waals surface area (Å²) in [4.78, 5) is 53.4. The van der Waals surface area contributed by atoms with E-state index in [1.54, 1.807) is 4.90 Å². The smallest absolute Gasteiger partial charge is 0.450 e. The second-order valence-corrected chi connectivity index (χ2v) is 8.96. The number of nitrogens with one attached hydrogen (secondary N) is 1. The van der Waals surface area contributed by atoms with Crippen LogP contribution in [0.5, 0.6) is 0 Å². The van der Waals surface area contributed by atoms with Crippen molar-refractivity contribution in [3.05, 3.63) is 71.3 Å². The van der Waals surface area contributed by atoms with Crippen LogP contribution in [-0.4, -0.2) is 64.3 Å². The predicted octanol–water partition coefficient (Wildman–Crippen LogP) is 0.851. The Morgan fingerprint density at radius 1 is 1.06 bits per heavy atom. The number of hydrogen-bond donors (Lipinski definition) is 4. The highest BCUT2D eigenvalue weighted by atomic mass is 16.7. The highest BCUT2D eigenvalue weighted by molar-refractivity contribution is 6.06. The first-order valence-corrected chi connectivity index (χ1v) is 11.3. The van der Waals surface area contributed by atoms with Crippen LogP contribution in [0.15, 0.2) is 54.6 Å². The number of primary amides is 1. The molecule has 11 nitrogen and oxygen atoms in total. The summed E-state index contributed by atoms with van der Waals surface area (Å²) in [6.45, 7) is -0.0498. The van der Waals surface area contributed by atoms with E-state index in [1.807, 2.05) is 30.3 Å². The molecule has 0 bridgehead atoms. The third-order valence-corrected chi connectivity index (χ3v) is 6.97. The lowest BCUT2D eigenvalue weighted by Crippen LogP contribution is -2.55. The van der Waals surface area contributed by atoms with Gasteiger partial charge in [0.2, 0.25) is 23.4 Å². The van der Waals surface area contributed by atoms with Gasteiger partial charge in [0.25, 0.3) is 0 Å². The zero-order chi connectivity index (χ0) is 26.2. The van der Waals surface area contributed by atoms with Crippen LogP contribution in [0.3, 0.4) is 0 Å². The molecule has 2 fully saturated rings. The van der Waals surface area contributed by atoms with Crippen molar-refractivity contribution in [3.63, 3.8) is 0 Å². The van der Waals surface area contributed by atoms with Crippen LogP contribution in [-0.2, 0) is 31.3 Å². The summed E-state index contributed by atoms with van der Waals surface area (Å²) in [5, 5.41) is 17.5. The standard InChI is InChI=1S/C25H27N5O6/c1-29-22(32)19-17(13-14-5-3-2-4-6-14)30(12-11-18(26)31)25(36-24(34)35,20(19)23(29)33)16-9-7-15(8-10-16)21(27)28/h2-10,17,19-20H,11-13H2,1H3,(H2,26,31)(H3,27,28)(H,34,35). The molecule has 2 aromatic carbocycles. The summed E-state index contributed by atoms with van der Waals surface area (Å²) in [5.74, 6) is -3.99. The van der Waals surface area contributed by atoms with Gasteiger partial charge in [0.05, 0.1) is 5.92 Å². The van der Waals surface area contributed by atoms with Gasteiger partial charge in [-0.2, -0.15) is 0 Å². The van der Waals surface area contributed by atoms with Gasteiger partial charge in [-0.3, -0.25) is 29.6 Å². The van der Waals surface area contributed by atoms with Crippen LogP contribution in [0.4, 0.5) is 4.79 Å². The second kappa shape index (κ2) is 9.42. The Bertz CT molecular complexity index is 1220. The first-order valence-electron chi connectivity index (χ1n) is 11.3. The maximum Gasteiger partial charge on any atom is 0.507 e. The number of fused-ring (bicyclic) bond motifs is 1. The van der Waals surface area contributed by atoms with Crippen molar-refractivity contribution in [1.29, 1.82) is 5.41 Å². The minimum Gasteiger partial charge on any atom is -0.450 e. The van der Waals surface area contributed by atoms with Crippen molar-refractivity contribution in [2.45, 2.75) is 24.6 Å². The molecule has 11 heteroatoms. The molecule has 0 radical (unpaired) electrons. The molecule has 188 valence electrons. The second-order valence-electron chi connectivity index (χ2n) is 8.96. The van der Waals surface area contributed by atoms with E-state index in [9.17, 15) is 24.3 Å². The first-order chi connectivity index (χ1) is 17.1. The molecular weight excluding hydrogens is 466 g/mol. The first kappa shape index (κ1) is 24.9. The Hall–Kier alpha value is -4.25. The number of rotatable bonds is 8. The molecule has 2 heterocycles. The van der Waals surface area contributed by atoms with E-state index in [0.29, 0.717) is 12.0 Å². The third kappa shape index (κ3) is 4.07. The number of nitrogen functional groups attached to an aromatic ring is 1. The number of amidine groups is 1. The summed E-state index contributed by atoms with van der Waals surface area (Å²) in [6, 6.07) is 14.7. The average molecular weight is 494 g/mol. The Labute approximate surface area is 207 Å². The van der Waals surface area contributed by atoms with Crippen LogP contribution in [0.1, 0.15) is 23.1 Å². The summed E-state index contributed by atoms with van der Waals surface area (Å²) in [7, 11) is 1.36. The molecule has 2 aromatic rings. The van der Waals surface area contributed by atoms with Gasteiger partial charge in [0.1, 0.15) is 11.8 Å². The summed E-state index contributed by atoms with van der Waals surface area (Å²) < 4.78 is 5.58. The zero-order valence-corrected chi connectivity index (χ0v) is 19.6. The van der Waals surface area contributed by atoms with Crippen LogP contribution >= 0.6 is 0 Å². The van der Waals surface area contributed by atoms with Crippen molar-refractivity contribution < 1.29 is 29.0 Å². The van der Waals surface area contributed by atoms with Gasteiger partial charge in [0, 0.05) is 37.2 Å². The van der Waals surface area contributed by atoms with Gasteiger partial charge in [-0.1, -0.05) is 54.6 Å².